The van der Waals surface area contributed by atoms with Gasteiger partial charge in [-0.1, -0.05) is 13.8 Å². The molecule has 1 heterocycles. The van der Waals surface area contributed by atoms with Crippen LogP contribution in [0.1, 0.15) is 52.9 Å². The van der Waals surface area contributed by atoms with Gasteiger partial charge in [-0.2, -0.15) is 0 Å². The van der Waals surface area contributed by atoms with E-state index in [1.807, 2.05) is 4.90 Å². The summed E-state index contributed by atoms with van der Waals surface area (Å²) in [6.45, 7) is 11.6. The van der Waals surface area contributed by atoms with Crippen LogP contribution in [0.5, 0.6) is 0 Å². The monoisotopic (exact) mass is 311 g/mol. The minimum atomic E-state index is -0.0697. The van der Waals surface area contributed by atoms with Gasteiger partial charge in [0, 0.05) is 33.0 Å². The first kappa shape index (κ1) is 18.9. The molecule has 128 valence electrons. The Hall–Kier alpha value is -1.10. The Balaban J connectivity index is 2.14. The predicted octanol–water partition coefficient (Wildman–Crippen LogP) is 1.87. The number of carbonyl (C=O) groups is 2. The van der Waals surface area contributed by atoms with Crippen molar-refractivity contribution in [1.82, 2.24) is 15.1 Å². The largest absolute Gasteiger partial charge is 0.356 e. The van der Waals surface area contributed by atoms with Crippen LogP contribution in [-0.4, -0.2) is 60.9 Å². The van der Waals surface area contributed by atoms with E-state index in [9.17, 15) is 9.59 Å². The van der Waals surface area contributed by atoms with E-state index in [1.54, 1.807) is 0 Å². The highest BCUT2D eigenvalue weighted by Crippen LogP contribution is 2.22. The molecule has 0 bridgehead atoms. The SMILES string of the molecule is CCN(CC)CCCC1CCN(C(=O)CCNC(C)=O)CC1. The third-order valence-corrected chi connectivity index (χ3v) is 4.66. The average molecular weight is 311 g/mol. The van der Waals surface area contributed by atoms with E-state index in [0.717, 1.165) is 44.9 Å². The van der Waals surface area contributed by atoms with Crippen LogP contribution in [0.3, 0.4) is 0 Å². The van der Waals surface area contributed by atoms with Crippen molar-refractivity contribution in [1.29, 1.82) is 0 Å². The van der Waals surface area contributed by atoms with Gasteiger partial charge in [-0.15, -0.1) is 0 Å². The van der Waals surface area contributed by atoms with Gasteiger partial charge in [-0.3, -0.25) is 9.59 Å². The summed E-state index contributed by atoms with van der Waals surface area (Å²) in [5.41, 5.74) is 0. The lowest BCUT2D eigenvalue weighted by Crippen LogP contribution is -2.40. The van der Waals surface area contributed by atoms with Crippen molar-refractivity contribution in [2.45, 2.75) is 52.9 Å². The molecule has 5 nitrogen and oxygen atoms in total. The molecular weight excluding hydrogens is 278 g/mol. The molecule has 0 aromatic heterocycles. The van der Waals surface area contributed by atoms with Gasteiger partial charge in [0.2, 0.25) is 11.8 Å². The molecule has 1 aliphatic heterocycles. The Labute approximate surface area is 135 Å². The van der Waals surface area contributed by atoms with Crippen LogP contribution in [0, 0.1) is 5.92 Å². The number of carbonyl (C=O) groups excluding carboxylic acids is 2. The smallest absolute Gasteiger partial charge is 0.224 e. The van der Waals surface area contributed by atoms with Gasteiger partial charge in [0.15, 0.2) is 0 Å². The Bertz CT molecular complexity index is 335. The van der Waals surface area contributed by atoms with Crippen LogP contribution in [0.25, 0.3) is 0 Å². The van der Waals surface area contributed by atoms with Crippen molar-refractivity contribution in [3.8, 4) is 0 Å². The van der Waals surface area contributed by atoms with E-state index in [1.165, 1.54) is 26.3 Å². The second kappa shape index (κ2) is 10.6. The summed E-state index contributed by atoms with van der Waals surface area (Å²) in [6, 6.07) is 0. The van der Waals surface area contributed by atoms with Crippen molar-refractivity contribution in [2.75, 3.05) is 39.3 Å². The van der Waals surface area contributed by atoms with E-state index in [4.69, 9.17) is 0 Å². The maximum Gasteiger partial charge on any atom is 0.224 e. The van der Waals surface area contributed by atoms with E-state index >= 15 is 0 Å². The molecule has 0 radical (unpaired) electrons. The lowest BCUT2D eigenvalue weighted by atomic mass is 9.92. The van der Waals surface area contributed by atoms with Crippen molar-refractivity contribution < 1.29 is 9.59 Å². The van der Waals surface area contributed by atoms with Crippen LogP contribution >= 0.6 is 0 Å². The number of hydrogen-bond acceptors (Lipinski definition) is 3. The van der Waals surface area contributed by atoms with Gasteiger partial charge in [-0.25, -0.2) is 0 Å². The number of rotatable bonds is 9. The Morgan fingerprint density at radius 2 is 1.82 bits per heavy atom. The number of piperidine rings is 1. The van der Waals surface area contributed by atoms with E-state index in [-0.39, 0.29) is 11.8 Å². The highest BCUT2D eigenvalue weighted by molar-refractivity contribution is 5.78. The summed E-state index contributed by atoms with van der Waals surface area (Å²) in [5, 5.41) is 2.68. The molecule has 2 amide bonds. The fourth-order valence-corrected chi connectivity index (χ4v) is 3.12. The van der Waals surface area contributed by atoms with Gasteiger partial charge in [0.05, 0.1) is 0 Å². The zero-order valence-corrected chi connectivity index (χ0v) is 14.6. The van der Waals surface area contributed by atoms with Crippen molar-refractivity contribution >= 4 is 11.8 Å². The lowest BCUT2D eigenvalue weighted by Gasteiger charge is -2.32. The van der Waals surface area contributed by atoms with Crippen molar-refractivity contribution in [2.24, 2.45) is 5.92 Å². The van der Waals surface area contributed by atoms with Crippen LogP contribution in [0.4, 0.5) is 0 Å². The fraction of sp³-hybridized carbons (Fsp3) is 0.882. The Morgan fingerprint density at radius 3 is 2.36 bits per heavy atom. The molecule has 0 saturated carbocycles. The van der Waals surface area contributed by atoms with Gasteiger partial charge < -0.3 is 15.1 Å². The number of nitrogens with one attached hydrogen (secondary N) is 1. The quantitative estimate of drug-likeness (QED) is 0.707. The first-order valence-corrected chi connectivity index (χ1v) is 8.81. The zero-order valence-electron chi connectivity index (χ0n) is 14.6. The minimum Gasteiger partial charge on any atom is -0.356 e. The van der Waals surface area contributed by atoms with Gasteiger partial charge in [-0.05, 0) is 51.2 Å². The number of hydrogen-bond donors (Lipinski definition) is 1. The summed E-state index contributed by atoms with van der Waals surface area (Å²) in [7, 11) is 0. The second-order valence-corrected chi connectivity index (χ2v) is 6.23. The zero-order chi connectivity index (χ0) is 16.4. The second-order valence-electron chi connectivity index (χ2n) is 6.23. The summed E-state index contributed by atoms with van der Waals surface area (Å²) in [6.07, 6.45) is 5.23. The predicted molar refractivity (Wildman–Crippen MR) is 89.6 cm³/mol. The first-order valence-electron chi connectivity index (χ1n) is 8.81. The van der Waals surface area contributed by atoms with E-state index in [2.05, 4.69) is 24.1 Å². The summed E-state index contributed by atoms with van der Waals surface area (Å²) in [5.74, 6) is 0.880. The first-order chi connectivity index (χ1) is 10.6. The molecular formula is C17H33N3O2. The minimum absolute atomic E-state index is 0.0697. The van der Waals surface area contributed by atoms with Crippen LogP contribution in [0.15, 0.2) is 0 Å². The van der Waals surface area contributed by atoms with Gasteiger partial charge in [0.1, 0.15) is 0 Å². The topological polar surface area (TPSA) is 52.6 Å². The lowest BCUT2D eigenvalue weighted by molar-refractivity contribution is -0.132. The molecule has 22 heavy (non-hydrogen) atoms. The van der Waals surface area contributed by atoms with E-state index < -0.39 is 0 Å². The van der Waals surface area contributed by atoms with E-state index in [0.29, 0.717) is 13.0 Å². The molecule has 1 fully saturated rings. The normalized spacial score (nSPS) is 16.1. The molecule has 0 spiro atoms. The summed E-state index contributed by atoms with van der Waals surface area (Å²) in [4.78, 5) is 27.3. The molecule has 1 saturated heterocycles. The molecule has 1 rings (SSSR count). The number of likely N-dealkylation sites (tertiary alicyclic amines) is 1. The van der Waals surface area contributed by atoms with Crippen molar-refractivity contribution in [3.05, 3.63) is 0 Å². The standard InChI is InChI=1S/C17H33N3O2/c1-4-19(5-2)12-6-7-16-9-13-20(14-10-16)17(22)8-11-18-15(3)21/h16H,4-14H2,1-3H3,(H,18,21). The summed E-state index contributed by atoms with van der Waals surface area (Å²) < 4.78 is 0. The summed E-state index contributed by atoms with van der Waals surface area (Å²) >= 11 is 0. The molecule has 0 aliphatic carbocycles. The number of amides is 2. The van der Waals surface area contributed by atoms with Crippen LogP contribution in [-0.2, 0) is 9.59 Å². The molecule has 5 heteroatoms. The maximum absolute atomic E-state index is 12.0. The third kappa shape index (κ3) is 7.25. The molecule has 0 aromatic rings. The van der Waals surface area contributed by atoms with Gasteiger partial charge in [0.25, 0.3) is 0 Å². The average Bonchev–Trinajstić information content (AvgIpc) is 2.51. The van der Waals surface area contributed by atoms with Gasteiger partial charge >= 0.3 is 0 Å². The molecule has 0 atom stereocenters. The maximum atomic E-state index is 12.0. The third-order valence-electron chi connectivity index (χ3n) is 4.66. The Morgan fingerprint density at radius 1 is 1.18 bits per heavy atom. The highest BCUT2D eigenvalue weighted by Gasteiger charge is 2.22. The molecule has 0 aromatic carbocycles. The van der Waals surface area contributed by atoms with Crippen LogP contribution < -0.4 is 5.32 Å². The molecule has 1 aliphatic rings. The Kier molecular flexibility index (Phi) is 9.13. The highest BCUT2D eigenvalue weighted by atomic mass is 16.2. The fourth-order valence-electron chi connectivity index (χ4n) is 3.12. The van der Waals surface area contributed by atoms with Crippen LogP contribution in [0.2, 0.25) is 0 Å². The molecule has 1 N–H and O–H groups in total. The molecule has 0 unspecified atom stereocenters. The number of nitrogens with zero attached hydrogens (tertiary/aromatic N) is 2. The van der Waals surface area contributed by atoms with Crippen molar-refractivity contribution in [3.63, 3.8) is 0 Å².